The predicted molar refractivity (Wildman–Crippen MR) is 104 cm³/mol. The molecule has 1 aliphatic rings. The molecule has 3 nitrogen and oxygen atoms in total. The van der Waals surface area contributed by atoms with Crippen LogP contribution in [0.1, 0.15) is 23.7 Å². The van der Waals surface area contributed by atoms with Crippen molar-refractivity contribution in [2.24, 2.45) is 0 Å². The highest BCUT2D eigenvalue weighted by Crippen LogP contribution is 2.41. The summed E-state index contributed by atoms with van der Waals surface area (Å²) in [6, 6.07) is 16.5. The van der Waals surface area contributed by atoms with Gasteiger partial charge in [0.05, 0.1) is 13.2 Å². The first-order valence-corrected chi connectivity index (χ1v) is 9.81. The molecule has 1 aromatic heterocycles. The van der Waals surface area contributed by atoms with E-state index in [1.54, 1.807) is 0 Å². The molecule has 4 rings (SSSR count). The maximum Gasteiger partial charge on any atom is 0.194 e. The van der Waals surface area contributed by atoms with E-state index in [9.17, 15) is 0 Å². The lowest BCUT2D eigenvalue weighted by molar-refractivity contribution is -0.149. The highest BCUT2D eigenvalue weighted by Gasteiger charge is 2.38. The van der Waals surface area contributed by atoms with Crippen LogP contribution < -0.4 is 0 Å². The number of rotatable bonds is 4. The van der Waals surface area contributed by atoms with Crippen molar-refractivity contribution in [3.05, 3.63) is 70.4 Å². The second kappa shape index (κ2) is 6.76. The van der Waals surface area contributed by atoms with Crippen molar-refractivity contribution in [2.45, 2.75) is 24.6 Å². The average Bonchev–Trinajstić information content (AvgIpc) is 3.18. The fraction of sp³-hybridized carbons (Fsp3) is 0.300. The van der Waals surface area contributed by atoms with Gasteiger partial charge in [0.25, 0.3) is 0 Å². The van der Waals surface area contributed by atoms with Crippen LogP contribution in [0.25, 0.3) is 10.9 Å². The minimum Gasteiger partial charge on any atom is -0.344 e. The van der Waals surface area contributed by atoms with Gasteiger partial charge in [0.1, 0.15) is 0 Å². The van der Waals surface area contributed by atoms with E-state index in [1.165, 1.54) is 5.56 Å². The van der Waals surface area contributed by atoms with E-state index in [4.69, 9.17) is 21.1 Å². The SMILES string of the molecule is CC1(c2c(CBr)n(Cc3ccccc3)c3ccc(Cl)cc23)OCCO1. The quantitative estimate of drug-likeness (QED) is 0.523. The molecule has 0 aliphatic carbocycles. The van der Waals surface area contributed by atoms with Crippen LogP contribution in [0.4, 0.5) is 0 Å². The van der Waals surface area contributed by atoms with Gasteiger partial charge in [-0.3, -0.25) is 0 Å². The number of nitrogens with zero attached hydrogens (tertiary/aromatic N) is 1. The number of hydrogen-bond acceptors (Lipinski definition) is 2. The molecule has 5 heteroatoms. The second-order valence-electron chi connectivity index (χ2n) is 6.33. The Balaban J connectivity index is 1.96. The number of aromatic nitrogens is 1. The minimum absolute atomic E-state index is 0.601. The van der Waals surface area contributed by atoms with E-state index >= 15 is 0 Å². The number of halogens is 2. The second-order valence-corrected chi connectivity index (χ2v) is 7.33. The van der Waals surface area contributed by atoms with Crippen LogP contribution in [-0.4, -0.2) is 17.8 Å². The molecule has 25 heavy (non-hydrogen) atoms. The molecular formula is C20H19BrClNO2. The van der Waals surface area contributed by atoms with Crippen LogP contribution in [0.15, 0.2) is 48.5 Å². The van der Waals surface area contributed by atoms with E-state index in [2.05, 4.69) is 50.8 Å². The van der Waals surface area contributed by atoms with Crippen molar-refractivity contribution in [2.75, 3.05) is 13.2 Å². The van der Waals surface area contributed by atoms with Crippen LogP contribution in [0.3, 0.4) is 0 Å². The van der Waals surface area contributed by atoms with Crippen molar-refractivity contribution in [1.29, 1.82) is 0 Å². The smallest absolute Gasteiger partial charge is 0.194 e. The number of ether oxygens (including phenoxy) is 2. The zero-order valence-electron chi connectivity index (χ0n) is 14.0. The molecule has 0 N–H and O–H groups in total. The third kappa shape index (κ3) is 3.02. The van der Waals surface area contributed by atoms with Gasteiger partial charge in [0.15, 0.2) is 5.79 Å². The fourth-order valence-corrected chi connectivity index (χ4v) is 4.39. The topological polar surface area (TPSA) is 23.4 Å². The Morgan fingerprint density at radius 1 is 1.12 bits per heavy atom. The summed E-state index contributed by atoms with van der Waals surface area (Å²) < 4.78 is 14.3. The molecule has 0 saturated carbocycles. The van der Waals surface area contributed by atoms with Gasteiger partial charge >= 0.3 is 0 Å². The Morgan fingerprint density at radius 2 is 1.84 bits per heavy atom. The first kappa shape index (κ1) is 17.1. The molecule has 0 bridgehead atoms. The molecule has 0 radical (unpaired) electrons. The summed E-state index contributed by atoms with van der Waals surface area (Å²) in [5.41, 5.74) is 4.61. The molecule has 1 saturated heterocycles. The molecule has 130 valence electrons. The Kier molecular flexibility index (Phi) is 4.63. The first-order chi connectivity index (χ1) is 12.1. The van der Waals surface area contributed by atoms with Crippen LogP contribution in [0.2, 0.25) is 5.02 Å². The fourth-order valence-electron chi connectivity index (χ4n) is 3.63. The summed E-state index contributed by atoms with van der Waals surface area (Å²) in [5, 5.41) is 2.51. The monoisotopic (exact) mass is 419 g/mol. The molecule has 0 unspecified atom stereocenters. The van der Waals surface area contributed by atoms with Crippen LogP contribution >= 0.6 is 27.5 Å². The maximum atomic E-state index is 6.31. The molecule has 0 spiro atoms. The van der Waals surface area contributed by atoms with Gasteiger partial charge in [-0.2, -0.15) is 0 Å². The standard InChI is InChI=1S/C20H19BrClNO2/c1-20(24-9-10-25-20)19-16-11-15(22)7-8-17(16)23(18(19)12-21)13-14-5-3-2-4-6-14/h2-8,11H,9-10,12-13H2,1H3. The summed E-state index contributed by atoms with van der Waals surface area (Å²) >= 11 is 9.98. The number of hydrogen-bond donors (Lipinski definition) is 0. The lowest BCUT2D eigenvalue weighted by Crippen LogP contribution is -2.24. The Bertz CT molecular complexity index is 901. The Morgan fingerprint density at radius 3 is 2.52 bits per heavy atom. The van der Waals surface area contributed by atoms with Crippen LogP contribution in [0, 0.1) is 0 Å². The van der Waals surface area contributed by atoms with E-state index < -0.39 is 5.79 Å². The molecule has 0 atom stereocenters. The summed E-state index contributed by atoms with van der Waals surface area (Å²) in [4.78, 5) is 0. The van der Waals surface area contributed by atoms with E-state index in [0.29, 0.717) is 23.6 Å². The molecule has 3 aromatic rings. The highest BCUT2D eigenvalue weighted by atomic mass is 79.9. The minimum atomic E-state index is -0.742. The van der Waals surface area contributed by atoms with Crippen molar-refractivity contribution < 1.29 is 9.47 Å². The number of fused-ring (bicyclic) bond motifs is 1. The molecule has 1 fully saturated rings. The largest absolute Gasteiger partial charge is 0.344 e. The summed E-state index contributed by atoms with van der Waals surface area (Å²) in [5.74, 6) is -0.742. The molecule has 2 heterocycles. The summed E-state index contributed by atoms with van der Waals surface area (Å²) in [7, 11) is 0. The van der Waals surface area contributed by atoms with Gasteiger partial charge < -0.3 is 14.0 Å². The third-order valence-corrected chi connectivity index (χ3v) is 5.50. The Labute approximate surface area is 160 Å². The average molecular weight is 421 g/mol. The van der Waals surface area contributed by atoms with Gasteiger partial charge in [-0.05, 0) is 30.7 Å². The van der Waals surface area contributed by atoms with E-state index in [-0.39, 0.29) is 0 Å². The van der Waals surface area contributed by atoms with E-state index in [1.807, 2.05) is 25.1 Å². The summed E-state index contributed by atoms with van der Waals surface area (Å²) in [6.45, 7) is 3.99. The van der Waals surface area contributed by atoms with Crippen molar-refractivity contribution in [3.8, 4) is 0 Å². The molecule has 0 amide bonds. The first-order valence-electron chi connectivity index (χ1n) is 8.31. The van der Waals surface area contributed by atoms with Gasteiger partial charge in [-0.25, -0.2) is 0 Å². The van der Waals surface area contributed by atoms with Gasteiger partial charge in [-0.15, -0.1) is 0 Å². The third-order valence-electron chi connectivity index (χ3n) is 4.74. The van der Waals surface area contributed by atoms with Gasteiger partial charge in [-0.1, -0.05) is 57.9 Å². The Hall–Kier alpha value is -1.33. The van der Waals surface area contributed by atoms with Gasteiger partial charge in [0, 0.05) is 39.1 Å². The summed E-state index contributed by atoms with van der Waals surface area (Å²) in [6.07, 6.45) is 0. The lowest BCUT2D eigenvalue weighted by Gasteiger charge is -2.24. The zero-order chi connectivity index (χ0) is 17.4. The molecule has 1 aliphatic heterocycles. The number of benzene rings is 2. The van der Waals surface area contributed by atoms with Crippen LogP contribution in [0.5, 0.6) is 0 Å². The zero-order valence-corrected chi connectivity index (χ0v) is 16.3. The van der Waals surface area contributed by atoms with Crippen molar-refractivity contribution >= 4 is 38.4 Å². The maximum absolute atomic E-state index is 6.31. The van der Waals surface area contributed by atoms with Gasteiger partial charge in [0.2, 0.25) is 0 Å². The number of alkyl halides is 1. The molecule has 2 aromatic carbocycles. The highest BCUT2D eigenvalue weighted by molar-refractivity contribution is 9.08. The van der Waals surface area contributed by atoms with Crippen molar-refractivity contribution in [3.63, 3.8) is 0 Å². The normalized spacial score (nSPS) is 16.6. The van der Waals surface area contributed by atoms with Crippen molar-refractivity contribution in [1.82, 2.24) is 4.57 Å². The van der Waals surface area contributed by atoms with E-state index in [0.717, 1.165) is 28.7 Å². The van der Waals surface area contributed by atoms with Crippen LogP contribution in [-0.2, 0) is 27.1 Å². The molecular weight excluding hydrogens is 402 g/mol. The predicted octanol–water partition coefficient (Wildman–Crippen LogP) is 5.46. The lowest BCUT2D eigenvalue weighted by atomic mass is 10.0.